The summed E-state index contributed by atoms with van der Waals surface area (Å²) >= 11 is 5.89. The Bertz CT molecular complexity index is 609. The third kappa shape index (κ3) is 6.02. The van der Waals surface area contributed by atoms with Gasteiger partial charge in [0.2, 0.25) is 10.0 Å². The Morgan fingerprint density at radius 2 is 2.10 bits per heavy atom. The van der Waals surface area contributed by atoms with E-state index < -0.39 is 10.0 Å². The van der Waals surface area contributed by atoms with Crippen molar-refractivity contribution in [2.75, 3.05) is 19.8 Å². The van der Waals surface area contributed by atoms with E-state index in [1.165, 1.54) is 18.2 Å². The van der Waals surface area contributed by atoms with Gasteiger partial charge >= 0.3 is 0 Å². The zero-order valence-corrected chi connectivity index (χ0v) is 13.7. The van der Waals surface area contributed by atoms with Crippen molar-refractivity contribution in [1.82, 2.24) is 4.72 Å². The first-order chi connectivity index (χ1) is 9.86. The van der Waals surface area contributed by atoms with Crippen LogP contribution in [0.1, 0.15) is 25.8 Å². The van der Waals surface area contributed by atoms with Crippen molar-refractivity contribution in [2.45, 2.75) is 25.2 Å². The van der Waals surface area contributed by atoms with Crippen LogP contribution in [0.15, 0.2) is 23.1 Å². The standard InChI is InChI=1S/C14H19ClN2O3S/c1-11(2)5-7-20-8-6-17-21(18,19)14-4-3-12(10-16)9-13(14)15/h3-4,9,11,17H,5-8H2,1-2H3. The van der Waals surface area contributed by atoms with Gasteiger partial charge in [0.05, 0.1) is 23.3 Å². The van der Waals surface area contributed by atoms with E-state index in [4.69, 9.17) is 21.6 Å². The fourth-order valence-electron chi connectivity index (χ4n) is 1.54. The number of hydrogen-bond acceptors (Lipinski definition) is 4. The van der Waals surface area contributed by atoms with Crippen LogP contribution in [0.3, 0.4) is 0 Å². The molecular formula is C14H19ClN2O3S. The summed E-state index contributed by atoms with van der Waals surface area (Å²) in [4.78, 5) is -0.0367. The number of benzene rings is 1. The molecule has 7 heteroatoms. The van der Waals surface area contributed by atoms with Gasteiger partial charge < -0.3 is 4.74 Å². The maximum atomic E-state index is 12.1. The molecular weight excluding hydrogens is 312 g/mol. The van der Waals surface area contributed by atoms with Gasteiger partial charge in [-0.15, -0.1) is 0 Å². The maximum Gasteiger partial charge on any atom is 0.242 e. The lowest BCUT2D eigenvalue weighted by molar-refractivity contribution is 0.128. The normalized spacial score (nSPS) is 11.6. The lowest BCUT2D eigenvalue weighted by Gasteiger charge is -2.09. The first kappa shape index (κ1) is 17.9. The molecule has 5 nitrogen and oxygen atoms in total. The Morgan fingerprint density at radius 3 is 2.67 bits per heavy atom. The molecule has 116 valence electrons. The lowest BCUT2D eigenvalue weighted by Crippen LogP contribution is -2.28. The minimum Gasteiger partial charge on any atom is -0.380 e. The number of sulfonamides is 1. The molecule has 0 spiro atoms. The van der Waals surface area contributed by atoms with E-state index in [2.05, 4.69) is 18.6 Å². The Balaban J connectivity index is 2.53. The average Bonchev–Trinajstić information content (AvgIpc) is 2.41. The van der Waals surface area contributed by atoms with Gasteiger partial charge in [0.15, 0.2) is 0 Å². The van der Waals surface area contributed by atoms with Crippen molar-refractivity contribution in [3.63, 3.8) is 0 Å². The van der Waals surface area contributed by atoms with Crippen LogP contribution in [0.25, 0.3) is 0 Å². The van der Waals surface area contributed by atoms with Gasteiger partial charge in [-0.1, -0.05) is 25.4 Å². The molecule has 0 aliphatic rings. The predicted molar refractivity (Wildman–Crippen MR) is 81.6 cm³/mol. The van der Waals surface area contributed by atoms with Gasteiger partial charge in [0.1, 0.15) is 4.90 Å². The molecule has 1 rings (SSSR count). The van der Waals surface area contributed by atoms with E-state index in [1.54, 1.807) is 0 Å². The quantitative estimate of drug-likeness (QED) is 0.743. The Morgan fingerprint density at radius 1 is 1.38 bits per heavy atom. The number of nitrogens with zero attached hydrogens (tertiary/aromatic N) is 1. The molecule has 1 N–H and O–H groups in total. The molecule has 0 heterocycles. The fraction of sp³-hybridized carbons (Fsp3) is 0.500. The van der Waals surface area contributed by atoms with Crippen LogP contribution in [0.2, 0.25) is 5.02 Å². The molecule has 0 atom stereocenters. The van der Waals surface area contributed by atoms with Gasteiger partial charge in [0.25, 0.3) is 0 Å². The summed E-state index contributed by atoms with van der Waals surface area (Å²) in [5.41, 5.74) is 0.316. The molecule has 0 aromatic heterocycles. The van der Waals surface area contributed by atoms with Crippen LogP contribution in [0, 0.1) is 17.2 Å². The number of hydrogen-bond donors (Lipinski definition) is 1. The molecule has 0 bridgehead atoms. The van der Waals surface area contributed by atoms with E-state index in [1.807, 2.05) is 6.07 Å². The molecule has 21 heavy (non-hydrogen) atoms. The number of nitriles is 1. The van der Waals surface area contributed by atoms with Crippen molar-refractivity contribution in [3.05, 3.63) is 28.8 Å². The van der Waals surface area contributed by atoms with Gasteiger partial charge in [-0.3, -0.25) is 0 Å². The Kier molecular flexibility index (Phi) is 7.12. The lowest BCUT2D eigenvalue weighted by atomic mass is 10.1. The fourth-order valence-corrected chi connectivity index (χ4v) is 3.09. The second-order valence-electron chi connectivity index (χ2n) is 4.95. The van der Waals surface area contributed by atoms with E-state index in [-0.39, 0.29) is 16.5 Å². The molecule has 0 saturated heterocycles. The second kappa shape index (κ2) is 8.35. The molecule has 0 saturated carbocycles. The van der Waals surface area contributed by atoms with Gasteiger partial charge in [0, 0.05) is 13.2 Å². The number of ether oxygens (including phenoxy) is 1. The summed E-state index contributed by atoms with van der Waals surface area (Å²) in [6, 6.07) is 5.97. The predicted octanol–water partition coefficient (Wildman–Crippen LogP) is 2.55. The van der Waals surface area contributed by atoms with Crippen molar-refractivity contribution in [3.8, 4) is 6.07 Å². The number of nitrogens with one attached hydrogen (secondary N) is 1. The summed E-state index contributed by atoms with van der Waals surface area (Å²) in [5, 5.41) is 8.76. The van der Waals surface area contributed by atoms with Gasteiger partial charge in [-0.05, 0) is 30.5 Å². The molecule has 0 amide bonds. The molecule has 0 radical (unpaired) electrons. The summed E-state index contributed by atoms with van der Waals surface area (Å²) in [6.45, 7) is 5.28. The first-order valence-electron chi connectivity index (χ1n) is 6.64. The molecule has 1 aromatic carbocycles. The van der Waals surface area contributed by atoms with E-state index in [9.17, 15) is 8.42 Å². The third-order valence-corrected chi connectivity index (χ3v) is 4.67. The minimum atomic E-state index is -3.69. The summed E-state index contributed by atoms with van der Waals surface area (Å²) < 4.78 is 31.9. The van der Waals surface area contributed by atoms with Crippen LogP contribution in [0.5, 0.6) is 0 Å². The highest BCUT2D eigenvalue weighted by molar-refractivity contribution is 7.89. The maximum absolute atomic E-state index is 12.1. The third-order valence-electron chi connectivity index (χ3n) is 2.73. The zero-order chi connectivity index (χ0) is 15.9. The van der Waals surface area contributed by atoms with E-state index in [0.717, 1.165) is 6.42 Å². The van der Waals surface area contributed by atoms with E-state index >= 15 is 0 Å². The second-order valence-corrected chi connectivity index (χ2v) is 7.09. The molecule has 0 aliphatic carbocycles. The monoisotopic (exact) mass is 330 g/mol. The van der Waals surface area contributed by atoms with Crippen molar-refractivity contribution >= 4 is 21.6 Å². The van der Waals surface area contributed by atoms with Crippen LogP contribution >= 0.6 is 11.6 Å². The topological polar surface area (TPSA) is 79.2 Å². The highest BCUT2D eigenvalue weighted by Crippen LogP contribution is 2.22. The smallest absolute Gasteiger partial charge is 0.242 e. The van der Waals surface area contributed by atoms with Gasteiger partial charge in [-0.2, -0.15) is 5.26 Å². The molecule has 0 aliphatic heterocycles. The average molecular weight is 331 g/mol. The van der Waals surface area contributed by atoms with Crippen molar-refractivity contribution < 1.29 is 13.2 Å². The summed E-state index contributed by atoms with van der Waals surface area (Å²) in [6.07, 6.45) is 0.939. The highest BCUT2D eigenvalue weighted by Gasteiger charge is 2.17. The number of rotatable bonds is 8. The van der Waals surface area contributed by atoms with E-state index in [0.29, 0.717) is 24.7 Å². The Hall–Kier alpha value is -1.13. The summed E-state index contributed by atoms with van der Waals surface area (Å²) in [7, 11) is -3.69. The zero-order valence-electron chi connectivity index (χ0n) is 12.1. The minimum absolute atomic E-state index is 0.0299. The number of halogens is 1. The largest absolute Gasteiger partial charge is 0.380 e. The van der Waals surface area contributed by atoms with Crippen molar-refractivity contribution in [1.29, 1.82) is 5.26 Å². The van der Waals surface area contributed by atoms with Crippen molar-refractivity contribution in [2.24, 2.45) is 5.92 Å². The Labute approximate surface area is 130 Å². The SMILES string of the molecule is CC(C)CCOCCNS(=O)(=O)c1ccc(C#N)cc1Cl. The molecule has 0 fully saturated rings. The molecule has 0 unspecified atom stereocenters. The van der Waals surface area contributed by atoms with Crippen LogP contribution < -0.4 is 4.72 Å². The summed E-state index contributed by atoms with van der Waals surface area (Å²) in [5.74, 6) is 0.555. The van der Waals surface area contributed by atoms with Crippen LogP contribution in [-0.2, 0) is 14.8 Å². The highest BCUT2D eigenvalue weighted by atomic mass is 35.5. The first-order valence-corrected chi connectivity index (χ1v) is 8.50. The molecule has 1 aromatic rings. The van der Waals surface area contributed by atoms with Crippen LogP contribution in [-0.4, -0.2) is 28.2 Å². The van der Waals surface area contributed by atoms with Crippen LogP contribution in [0.4, 0.5) is 0 Å². The van der Waals surface area contributed by atoms with Gasteiger partial charge in [-0.25, -0.2) is 13.1 Å².